The largest absolute Gasteiger partial charge is 0.490 e. The number of carboxylic acid groups (broad SMARTS) is 1. The van der Waals surface area contributed by atoms with Gasteiger partial charge in [0.25, 0.3) is 0 Å². The molecule has 0 rings (SSSR count). The zero-order valence-corrected chi connectivity index (χ0v) is 4.68. The van der Waals surface area contributed by atoms with E-state index in [9.17, 15) is 4.79 Å². The Morgan fingerprint density at radius 3 is 2.12 bits per heavy atom. The number of methoxy groups -OCH3 is 1. The van der Waals surface area contributed by atoms with Crippen LogP contribution in [-0.2, 0) is 9.53 Å². The van der Waals surface area contributed by atoms with Crippen LogP contribution >= 0.6 is 0 Å². The average Bonchev–Trinajstić information content (AvgIpc) is 1.65. The highest BCUT2D eigenvalue weighted by molar-refractivity contribution is 5.83. The van der Waals surface area contributed by atoms with Crippen molar-refractivity contribution in [2.45, 2.75) is 0 Å². The molecule has 0 aliphatic rings. The van der Waals surface area contributed by atoms with Crippen molar-refractivity contribution in [1.29, 1.82) is 0 Å². The first kappa shape index (κ1) is 10.1. The maximum atomic E-state index is 9.71. The molecule has 4 nitrogen and oxygen atoms in total. The van der Waals surface area contributed by atoms with E-state index in [1.54, 1.807) is 0 Å². The van der Waals surface area contributed by atoms with Crippen molar-refractivity contribution in [2.75, 3.05) is 7.11 Å². The lowest BCUT2D eigenvalue weighted by molar-refractivity contribution is -0.136. The summed E-state index contributed by atoms with van der Waals surface area (Å²) in [5.74, 6) is -1.36. The van der Waals surface area contributed by atoms with Crippen molar-refractivity contribution in [3.63, 3.8) is 0 Å². The number of carboxylic acids is 1. The summed E-state index contributed by atoms with van der Waals surface area (Å²) >= 11 is 0. The van der Waals surface area contributed by atoms with Gasteiger partial charge < -0.3 is 16.0 Å². The third-order valence-corrected chi connectivity index (χ3v) is 0.485. The molecule has 0 atom stereocenters. The number of aliphatic carboxylic acids is 1. The van der Waals surface area contributed by atoms with Gasteiger partial charge in [0.15, 0.2) is 5.76 Å². The van der Waals surface area contributed by atoms with Crippen molar-refractivity contribution in [1.82, 2.24) is 6.15 Å². The molecule has 0 aliphatic carbocycles. The van der Waals surface area contributed by atoms with Crippen LogP contribution in [0.25, 0.3) is 0 Å². The van der Waals surface area contributed by atoms with E-state index in [2.05, 4.69) is 11.3 Å². The van der Waals surface area contributed by atoms with Gasteiger partial charge in [0, 0.05) is 0 Å². The van der Waals surface area contributed by atoms with Gasteiger partial charge in [-0.2, -0.15) is 0 Å². The van der Waals surface area contributed by atoms with E-state index in [4.69, 9.17) is 5.11 Å². The second kappa shape index (κ2) is 4.14. The van der Waals surface area contributed by atoms with Crippen LogP contribution in [0.15, 0.2) is 12.3 Å². The minimum Gasteiger partial charge on any atom is -0.490 e. The summed E-state index contributed by atoms with van der Waals surface area (Å²) in [6.45, 7) is 3.05. The van der Waals surface area contributed by atoms with Gasteiger partial charge in [-0.25, -0.2) is 4.79 Å². The Morgan fingerprint density at radius 2 is 2.12 bits per heavy atom. The minimum absolute atomic E-state index is 0. The van der Waals surface area contributed by atoms with E-state index in [0.29, 0.717) is 0 Å². The second-order valence-corrected chi connectivity index (χ2v) is 0.932. The predicted molar refractivity (Wildman–Crippen MR) is 28.8 cm³/mol. The molecular formula is C4H9NO3. The summed E-state index contributed by atoms with van der Waals surface area (Å²) in [5.41, 5.74) is 0. The van der Waals surface area contributed by atoms with Crippen molar-refractivity contribution in [3.8, 4) is 0 Å². The van der Waals surface area contributed by atoms with E-state index < -0.39 is 5.97 Å². The number of rotatable bonds is 2. The van der Waals surface area contributed by atoms with Crippen LogP contribution in [0.3, 0.4) is 0 Å². The lowest BCUT2D eigenvalue weighted by Gasteiger charge is -1.92. The molecule has 0 aromatic rings. The molecule has 0 amide bonds. The molecule has 0 heterocycles. The molecule has 0 aliphatic heterocycles. The summed E-state index contributed by atoms with van der Waals surface area (Å²) in [7, 11) is 1.26. The van der Waals surface area contributed by atoms with Crippen LogP contribution in [0, 0.1) is 0 Å². The maximum absolute atomic E-state index is 9.71. The van der Waals surface area contributed by atoms with Crippen molar-refractivity contribution < 1.29 is 14.6 Å². The fraction of sp³-hybridized carbons (Fsp3) is 0.250. The van der Waals surface area contributed by atoms with E-state index in [0.717, 1.165) is 0 Å². The first-order valence-corrected chi connectivity index (χ1v) is 1.64. The normalized spacial score (nSPS) is 6.62. The standard InChI is InChI=1S/C4H6O3.H3N/c1-3(7-2)4(5)6;/h1H2,2H3,(H,5,6);1H3. The summed E-state index contributed by atoms with van der Waals surface area (Å²) in [6.07, 6.45) is 0. The highest BCUT2D eigenvalue weighted by Gasteiger charge is 1.98. The monoisotopic (exact) mass is 119 g/mol. The van der Waals surface area contributed by atoms with Crippen molar-refractivity contribution in [2.24, 2.45) is 0 Å². The van der Waals surface area contributed by atoms with E-state index in [1.165, 1.54) is 7.11 Å². The SMILES string of the molecule is C=C(OC)C(=O)O.N. The Kier molecular flexibility index (Phi) is 5.20. The Balaban J connectivity index is 0. The van der Waals surface area contributed by atoms with Crippen molar-refractivity contribution in [3.05, 3.63) is 12.3 Å². The summed E-state index contributed by atoms with van der Waals surface area (Å²) < 4.78 is 4.22. The lowest BCUT2D eigenvalue weighted by atomic mass is 10.6. The molecule has 4 heteroatoms. The van der Waals surface area contributed by atoms with Gasteiger partial charge in [-0.15, -0.1) is 0 Å². The number of ether oxygens (including phenoxy) is 1. The van der Waals surface area contributed by atoms with Crippen LogP contribution in [-0.4, -0.2) is 18.2 Å². The Bertz CT molecular complexity index is 99.5. The third-order valence-electron chi connectivity index (χ3n) is 0.485. The van der Waals surface area contributed by atoms with Crippen LogP contribution in [0.1, 0.15) is 0 Å². The van der Waals surface area contributed by atoms with Gasteiger partial charge in [0.05, 0.1) is 7.11 Å². The molecule has 0 saturated heterocycles. The molecule has 0 aromatic heterocycles. The zero-order chi connectivity index (χ0) is 5.86. The van der Waals surface area contributed by atoms with Crippen molar-refractivity contribution >= 4 is 5.97 Å². The third kappa shape index (κ3) is 3.17. The first-order valence-electron chi connectivity index (χ1n) is 1.64. The smallest absolute Gasteiger partial charge is 0.370 e. The molecule has 0 bridgehead atoms. The topological polar surface area (TPSA) is 81.5 Å². The highest BCUT2D eigenvalue weighted by Crippen LogP contribution is 1.86. The molecule has 0 fully saturated rings. The number of hydrogen-bond donors (Lipinski definition) is 2. The van der Waals surface area contributed by atoms with E-state index >= 15 is 0 Å². The molecule has 0 unspecified atom stereocenters. The van der Waals surface area contributed by atoms with Gasteiger partial charge in [-0.3, -0.25) is 0 Å². The van der Waals surface area contributed by atoms with Gasteiger partial charge >= 0.3 is 5.97 Å². The molecule has 0 aromatic carbocycles. The molecule has 0 radical (unpaired) electrons. The fourth-order valence-corrected chi connectivity index (χ4v) is 0.0873. The summed E-state index contributed by atoms with van der Waals surface area (Å²) in [5, 5.41) is 7.96. The molecule has 4 N–H and O–H groups in total. The average molecular weight is 119 g/mol. The molecule has 8 heavy (non-hydrogen) atoms. The van der Waals surface area contributed by atoms with Crippen LogP contribution in [0.5, 0.6) is 0 Å². The summed E-state index contributed by atoms with van der Waals surface area (Å²) in [6, 6.07) is 0. The fourth-order valence-electron chi connectivity index (χ4n) is 0.0873. The Morgan fingerprint density at radius 1 is 1.75 bits per heavy atom. The lowest BCUT2D eigenvalue weighted by Crippen LogP contribution is -1.99. The van der Waals surface area contributed by atoms with Gasteiger partial charge in [-0.1, -0.05) is 0 Å². The molecule has 0 saturated carbocycles. The number of carbonyl (C=O) groups is 1. The van der Waals surface area contributed by atoms with Crippen LogP contribution in [0.4, 0.5) is 0 Å². The maximum Gasteiger partial charge on any atom is 0.370 e. The summed E-state index contributed by atoms with van der Waals surface area (Å²) in [4.78, 5) is 9.71. The number of hydrogen-bond acceptors (Lipinski definition) is 3. The molecule has 0 spiro atoms. The minimum atomic E-state index is -1.12. The Hall–Kier alpha value is -1.03. The van der Waals surface area contributed by atoms with E-state index in [-0.39, 0.29) is 11.9 Å². The Labute approximate surface area is 47.3 Å². The van der Waals surface area contributed by atoms with Gasteiger partial charge in [-0.05, 0) is 6.58 Å². The molecule has 48 valence electrons. The zero-order valence-electron chi connectivity index (χ0n) is 4.68. The second-order valence-electron chi connectivity index (χ2n) is 0.932. The van der Waals surface area contributed by atoms with Gasteiger partial charge in [0.2, 0.25) is 0 Å². The molecular weight excluding hydrogens is 110 g/mol. The van der Waals surface area contributed by atoms with E-state index in [1.807, 2.05) is 0 Å². The highest BCUT2D eigenvalue weighted by atomic mass is 16.5. The first-order chi connectivity index (χ1) is 3.18. The predicted octanol–water partition coefficient (Wildman–Crippen LogP) is 0.393. The van der Waals surface area contributed by atoms with Gasteiger partial charge in [0.1, 0.15) is 0 Å². The van der Waals surface area contributed by atoms with Crippen LogP contribution in [0.2, 0.25) is 0 Å². The quantitative estimate of drug-likeness (QED) is 0.407. The van der Waals surface area contributed by atoms with Crippen LogP contribution < -0.4 is 6.15 Å².